The molecule has 0 saturated carbocycles. The molecule has 0 saturated heterocycles. The predicted octanol–water partition coefficient (Wildman–Crippen LogP) is 2.85. The Balaban J connectivity index is 2.94. The summed E-state index contributed by atoms with van der Waals surface area (Å²) in [5.74, 6) is 0.849. The van der Waals surface area contributed by atoms with E-state index in [1.54, 1.807) is 0 Å². The van der Waals surface area contributed by atoms with Crippen LogP contribution in [0.5, 0.6) is 5.75 Å². The first-order valence-corrected chi connectivity index (χ1v) is 5.02. The molecular formula is C12H16O2. The van der Waals surface area contributed by atoms with Crippen LogP contribution >= 0.6 is 0 Å². The summed E-state index contributed by atoms with van der Waals surface area (Å²) in [4.78, 5) is 10.7. The van der Waals surface area contributed by atoms with Gasteiger partial charge in [-0.2, -0.15) is 0 Å². The van der Waals surface area contributed by atoms with Gasteiger partial charge in [0.15, 0.2) is 0 Å². The van der Waals surface area contributed by atoms with Gasteiger partial charge in [0.1, 0.15) is 12.0 Å². The Morgan fingerprint density at radius 2 is 2.14 bits per heavy atom. The maximum Gasteiger partial charge on any atom is 0.150 e. The van der Waals surface area contributed by atoms with Gasteiger partial charge in [0.05, 0.1) is 6.61 Å². The molecule has 0 aliphatic heterocycles. The standard InChI is InChI=1S/C12H16O2/c1-3-5-10-8-12(14-4-2)7-6-11(10)9-13/h6-9H,3-5H2,1-2H3. The number of rotatable bonds is 5. The molecule has 0 fully saturated rings. The summed E-state index contributed by atoms with van der Waals surface area (Å²) in [7, 11) is 0. The Hall–Kier alpha value is -1.31. The average molecular weight is 192 g/mol. The van der Waals surface area contributed by atoms with Crippen LogP contribution in [0.3, 0.4) is 0 Å². The average Bonchev–Trinajstić information content (AvgIpc) is 2.19. The van der Waals surface area contributed by atoms with Crippen LogP contribution in [0.25, 0.3) is 0 Å². The van der Waals surface area contributed by atoms with Crippen molar-refractivity contribution in [1.82, 2.24) is 0 Å². The Kier molecular flexibility index (Phi) is 4.17. The summed E-state index contributed by atoms with van der Waals surface area (Å²) < 4.78 is 5.38. The fraction of sp³-hybridized carbons (Fsp3) is 0.417. The molecule has 1 rings (SSSR count). The molecule has 0 heterocycles. The fourth-order valence-electron chi connectivity index (χ4n) is 1.44. The van der Waals surface area contributed by atoms with Gasteiger partial charge < -0.3 is 4.74 Å². The van der Waals surface area contributed by atoms with Crippen LogP contribution in [-0.2, 0) is 6.42 Å². The molecule has 76 valence electrons. The van der Waals surface area contributed by atoms with E-state index in [1.807, 2.05) is 25.1 Å². The number of carbonyl (C=O) groups is 1. The van der Waals surface area contributed by atoms with Crippen molar-refractivity contribution in [3.05, 3.63) is 29.3 Å². The number of carbonyl (C=O) groups excluding carboxylic acids is 1. The summed E-state index contributed by atoms with van der Waals surface area (Å²) >= 11 is 0. The van der Waals surface area contributed by atoms with Crippen LogP contribution in [0.4, 0.5) is 0 Å². The van der Waals surface area contributed by atoms with Crippen LogP contribution in [0.2, 0.25) is 0 Å². The van der Waals surface area contributed by atoms with Gasteiger partial charge in [0.2, 0.25) is 0 Å². The maximum atomic E-state index is 10.7. The van der Waals surface area contributed by atoms with Crippen molar-refractivity contribution in [2.24, 2.45) is 0 Å². The maximum absolute atomic E-state index is 10.7. The van der Waals surface area contributed by atoms with Gasteiger partial charge >= 0.3 is 0 Å². The van der Waals surface area contributed by atoms with E-state index in [9.17, 15) is 4.79 Å². The lowest BCUT2D eigenvalue weighted by atomic mass is 10.0. The van der Waals surface area contributed by atoms with Crippen molar-refractivity contribution in [3.63, 3.8) is 0 Å². The summed E-state index contributed by atoms with van der Waals surface area (Å²) in [6.07, 6.45) is 2.87. The minimum Gasteiger partial charge on any atom is -0.494 e. The lowest BCUT2D eigenvalue weighted by Gasteiger charge is -2.07. The lowest BCUT2D eigenvalue weighted by molar-refractivity contribution is 0.112. The number of aldehydes is 1. The molecular weight excluding hydrogens is 176 g/mol. The van der Waals surface area contributed by atoms with E-state index in [0.717, 1.165) is 36.0 Å². The van der Waals surface area contributed by atoms with Crippen LogP contribution in [0, 0.1) is 0 Å². The van der Waals surface area contributed by atoms with Gasteiger partial charge in [-0.05, 0) is 37.1 Å². The smallest absolute Gasteiger partial charge is 0.150 e. The van der Waals surface area contributed by atoms with Gasteiger partial charge in [-0.15, -0.1) is 0 Å². The largest absolute Gasteiger partial charge is 0.494 e. The fourth-order valence-corrected chi connectivity index (χ4v) is 1.44. The van der Waals surface area contributed by atoms with E-state index >= 15 is 0 Å². The molecule has 0 spiro atoms. The van der Waals surface area contributed by atoms with Gasteiger partial charge in [0, 0.05) is 5.56 Å². The van der Waals surface area contributed by atoms with Gasteiger partial charge in [-0.3, -0.25) is 4.79 Å². The first-order valence-electron chi connectivity index (χ1n) is 5.02. The van der Waals surface area contributed by atoms with E-state index in [2.05, 4.69) is 6.92 Å². The second-order valence-electron chi connectivity index (χ2n) is 3.16. The molecule has 14 heavy (non-hydrogen) atoms. The van der Waals surface area contributed by atoms with Crippen molar-refractivity contribution in [3.8, 4) is 5.75 Å². The molecule has 0 unspecified atom stereocenters. The number of hydrogen-bond donors (Lipinski definition) is 0. The van der Waals surface area contributed by atoms with E-state index in [0.29, 0.717) is 6.61 Å². The zero-order valence-electron chi connectivity index (χ0n) is 8.75. The van der Waals surface area contributed by atoms with Gasteiger partial charge in [-0.25, -0.2) is 0 Å². The van der Waals surface area contributed by atoms with Crippen molar-refractivity contribution >= 4 is 6.29 Å². The van der Waals surface area contributed by atoms with E-state index in [1.165, 1.54) is 0 Å². The highest BCUT2D eigenvalue weighted by Gasteiger charge is 2.02. The van der Waals surface area contributed by atoms with Gasteiger partial charge in [-0.1, -0.05) is 13.3 Å². The summed E-state index contributed by atoms with van der Waals surface area (Å²) in [5, 5.41) is 0. The van der Waals surface area contributed by atoms with Crippen LogP contribution in [0.15, 0.2) is 18.2 Å². The van der Waals surface area contributed by atoms with E-state index < -0.39 is 0 Å². The van der Waals surface area contributed by atoms with E-state index in [4.69, 9.17) is 4.74 Å². The zero-order valence-corrected chi connectivity index (χ0v) is 8.75. The quantitative estimate of drug-likeness (QED) is 0.670. The van der Waals surface area contributed by atoms with Crippen molar-refractivity contribution < 1.29 is 9.53 Å². The third kappa shape index (κ3) is 2.59. The highest BCUT2D eigenvalue weighted by Crippen LogP contribution is 2.18. The Bertz CT molecular complexity index is 305. The third-order valence-electron chi connectivity index (χ3n) is 2.07. The lowest BCUT2D eigenvalue weighted by Crippen LogP contribution is -1.96. The van der Waals surface area contributed by atoms with Crippen LogP contribution < -0.4 is 4.74 Å². The van der Waals surface area contributed by atoms with Crippen molar-refractivity contribution in [2.45, 2.75) is 26.7 Å². The number of hydrogen-bond acceptors (Lipinski definition) is 2. The van der Waals surface area contributed by atoms with Crippen molar-refractivity contribution in [2.75, 3.05) is 6.61 Å². The Morgan fingerprint density at radius 1 is 1.36 bits per heavy atom. The second-order valence-corrected chi connectivity index (χ2v) is 3.16. The van der Waals surface area contributed by atoms with E-state index in [-0.39, 0.29) is 0 Å². The Labute approximate surface area is 84.9 Å². The minimum absolute atomic E-state index is 0.659. The molecule has 1 aromatic rings. The summed E-state index contributed by atoms with van der Waals surface area (Å²) in [6.45, 7) is 4.71. The highest BCUT2D eigenvalue weighted by molar-refractivity contribution is 5.77. The number of aryl methyl sites for hydroxylation is 1. The molecule has 0 bridgehead atoms. The van der Waals surface area contributed by atoms with Crippen LogP contribution in [0.1, 0.15) is 36.2 Å². The molecule has 2 heteroatoms. The SMILES string of the molecule is CCCc1cc(OCC)ccc1C=O. The summed E-state index contributed by atoms with van der Waals surface area (Å²) in [5.41, 5.74) is 1.85. The summed E-state index contributed by atoms with van der Waals surface area (Å²) in [6, 6.07) is 5.62. The van der Waals surface area contributed by atoms with Crippen LogP contribution in [-0.4, -0.2) is 12.9 Å². The third-order valence-corrected chi connectivity index (χ3v) is 2.07. The monoisotopic (exact) mass is 192 g/mol. The normalized spacial score (nSPS) is 9.86. The highest BCUT2D eigenvalue weighted by atomic mass is 16.5. The predicted molar refractivity (Wildman–Crippen MR) is 57.0 cm³/mol. The molecule has 0 aliphatic carbocycles. The topological polar surface area (TPSA) is 26.3 Å². The number of benzene rings is 1. The second kappa shape index (κ2) is 5.43. The molecule has 0 amide bonds. The minimum atomic E-state index is 0.659. The molecule has 0 atom stereocenters. The first kappa shape index (κ1) is 10.8. The first-order chi connectivity index (χ1) is 6.81. The molecule has 0 radical (unpaired) electrons. The molecule has 1 aromatic carbocycles. The molecule has 2 nitrogen and oxygen atoms in total. The number of ether oxygens (including phenoxy) is 1. The zero-order chi connectivity index (χ0) is 10.4. The molecule has 0 aromatic heterocycles. The van der Waals surface area contributed by atoms with Gasteiger partial charge in [0.25, 0.3) is 0 Å². The van der Waals surface area contributed by atoms with Crippen molar-refractivity contribution in [1.29, 1.82) is 0 Å². The molecule has 0 N–H and O–H groups in total. The Morgan fingerprint density at radius 3 is 2.71 bits per heavy atom. The molecule has 0 aliphatic rings.